The molecule has 1 aliphatic heterocycles. The van der Waals surface area contributed by atoms with Gasteiger partial charge in [0.05, 0.1) is 18.2 Å². The van der Waals surface area contributed by atoms with Crippen LogP contribution in [-0.4, -0.2) is 44.0 Å². The third-order valence-electron chi connectivity index (χ3n) is 4.02. The molecular weight excluding hydrogens is 270 g/mol. The highest BCUT2D eigenvalue weighted by atomic mass is 16.5. The summed E-state index contributed by atoms with van der Waals surface area (Å²) in [6.45, 7) is 2.86. The Bertz CT molecular complexity index is 573. The molecule has 1 aromatic rings. The van der Waals surface area contributed by atoms with Crippen LogP contribution in [0.25, 0.3) is 0 Å². The quantitative estimate of drug-likeness (QED) is 0.810. The van der Waals surface area contributed by atoms with Crippen LogP contribution in [0.15, 0.2) is 18.2 Å². The van der Waals surface area contributed by atoms with E-state index in [0.717, 1.165) is 0 Å². The number of hydrogen-bond acceptors (Lipinski definition) is 4. The molecule has 1 saturated heterocycles. The second kappa shape index (κ2) is 5.63. The van der Waals surface area contributed by atoms with E-state index in [1.165, 1.54) is 7.11 Å². The number of hydrogen-bond donors (Lipinski definition) is 2. The van der Waals surface area contributed by atoms with Crippen LogP contribution >= 0.6 is 0 Å². The number of benzene rings is 1. The summed E-state index contributed by atoms with van der Waals surface area (Å²) in [7, 11) is 3.13. The molecule has 1 unspecified atom stereocenters. The number of amides is 2. The van der Waals surface area contributed by atoms with E-state index in [2.05, 4.69) is 5.32 Å². The maximum atomic E-state index is 12.5. The summed E-state index contributed by atoms with van der Waals surface area (Å²) in [4.78, 5) is 26.1. The molecule has 2 rings (SSSR count). The van der Waals surface area contributed by atoms with Gasteiger partial charge in [-0.05, 0) is 31.5 Å². The van der Waals surface area contributed by atoms with E-state index in [9.17, 15) is 9.59 Å². The van der Waals surface area contributed by atoms with E-state index in [4.69, 9.17) is 10.5 Å². The summed E-state index contributed by atoms with van der Waals surface area (Å²) in [6, 6.07) is 4.96. The minimum absolute atomic E-state index is 0.0345. The number of likely N-dealkylation sites (tertiary alicyclic amines) is 1. The monoisotopic (exact) mass is 291 g/mol. The molecule has 2 amide bonds. The van der Waals surface area contributed by atoms with Gasteiger partial charge in [0, 0.05) is 25.7 Å². The average molecular weight is 291 g/mol. The van der Waals surface area contributed by atoms with E-state index in [0.29, 0.717) is 36.5 Å². The van der Waals surface area contributed by atoms with Gasteiger partial charge in [0.15, 0.2) is 0 Å². The second-order valence-corrected chi connectivity index (χ2v) is 5.57. The Morgan fingerprint density at radius 1 is 1.43 bits per heavy atom. The first-order chi connectivity index (χ1) is 9.91. The number of nitrogens with one attached hydrogen (secondary N) is 1. The van der Waals surface area contributed by atoms with Crippen molar-refractivity contribution in [3.8, 4) is 5.75 Å². The summed E-state index contributed by atoms with van der Waals surface area (Å²) in [5.41, 5.74) is 6.23. The van der Waals surface area contributed by atoms with Gasteiger partial charge in [0.25, 0.3) is 5.91 Å². The maximum Gasteiger partial charge on any atom is 0.254 e. The SMILES string of the molecule is CNC(=O)C1(C)CCN(C(=O)c2ccc(N)c(OC)c2)C1. The number of carbonyl (C=O) groups is 2. The van der Waals surface area contributed by atoms with Crippen LogP contribution in [0.2, 0.25) is 0 Å². The molecule has 1 fully saturated rings. The molecule has 0 aromatic heterocycles. The predicted molar refractivity (Wildman–Crippen MR) is 80.1 cm³/mol. The van der Waals surface area contributed by atoms with Gasteiger partial charge >= 0.3 is 0 Å². The Morgan fingerprint density at radius 2 is 2.14 bits per heavy atom. The molecule has 6 nitrogen and oxygen atoms in total. The number of methoxy groups -OCH3 is 1. The number of carbonyl (C=O) groups excluding carboxylic acids is 2. The lowest BCUT2D eigenvalue weighted by molar-refractivity contribution is -0.128. The highest BCUT2D eigenvalue weighted by Gasteiger charge is 2.41. The summed E-state index contributed by atoms with van der Waals surface area (Å²) >= 11 is 0. The zero-order chi connectivity index (χ0) is 15.6. The van der Waals surface area contributed by atoms with Crippen molar-refractivity contribution in [2.45, 2.75) is 13.3 Å². The fourth-order valence-electron chi connectivity index (χ4n) is 2.65. The number of anilines is 1. The van der Waals surface area contributed by atoms with Gasteiger partial charge in [-0.1, -0.05) is 0 Å². The Morgan fingerprint density at radius 3 is 2.76 bits per heavy atom. The minimum atomic E-state index is -0.525. The highest BCUT2D eigenvalue weighted by molar-refractivity contribution is 5.96. The van der Waals surface area contributed by atoms with Crippen LogP contribution in [0.4, 0.5) is 5.69 Å². The molecule has 1 heterocycles. The lowest BCUT2D eigenvalue weighted by Gasteiger charge is -2.23. The molecule has 6 heteroatoms. The Kier molecular flexibility index (Phi) is 4.06. The lowest BCUT2D eigenvalue weighted by Crippen LogP contribution is -2.40. The molecule has 1 atom stereocenters. The molecule has 1 aliphatic rings. The van der Waals surface area contributed by atoms with E-state index < -0.39 is 5.41 Å². The van der Waals surface area contributed by atoms with Crippen LogP contribution in [0.1, 0.15) is 23.7 Å². The third kappa shape index (κ3) is 2.79. The Labute approximate surface area is 124 Å². The number of nitrogens with zero attached hydrogens (tertiary/aromatic N) is 1. The molecular formula is C15H21N3O3. The van der Waals surface area contributed by atoms with Crippen LogP contribution in [0.5, 0.6) is 5.75 Å². The Hall–Kier alpha value is -2.24. The number of nitrogen functional groups attached to an aromatic ring is 1. The summed E-state index contributed by atoms with van der Waals surface area (Å²) in [6.07, 6.45) is 0.657. The lowest BCUT2D eigenvalue weighted by atomic mass is 9.89. The fourth-order valence-corrected chi connectivity index (χ4v) is 2.65. The third-order valence-corrected chi connectivity index (χ3v) is 4.02. The molecule has 0 aliphatic carbocycles. The van der Waals surface area contributed by atoms with E-state index in [1.807, 2.05) is 6.92 Å². The number of rotatable bonds is 3. The van der Waals surface area contributed by atoms with E-state index >= 15 is 0 Å². The molecule has 3 N–H and O–H groups in total. The zero-order valence-corrected chi connectivity index (χ0v) is 12.6. The number of nitrogens with two attached hydrogens (primary N) is 1. The van der Waals surface area contributed by atoms with Crippen LogP contribution in [-0.2, 0) is 4.79 Å². The van der Waals surface area contributed by atoms with Crippen molar-refractivity contribution in [3.63, 3.8) is 0 Å². The molecule has 21 heavy (non-hydrogen) atoms. The minimum Gasteiger partial charge on any atom is -0.495 e. The van der Waals surface area contributed by atoms with Crippen LogP contribution in [0.3, 0.4) is 0 Å². The normalized spacial score (nSPS) is 21.2. The first-order valence-corrected chi connectivity index (χ1v) is 6.86. The van der Waals surface area contributed by atoms with Crippen molar-refractivity contribution in [2.24, 2.45) is 5.41 Å². The van der Waals surface area contributed by atoms with E-state index in [1.54, 1.807) is 30.1 Å². The van der Waals surface area contributed by atoms with Crippen molar-refractivity contribution in [2.75, 3.05) is 33.0 Å². The first-order valence-electron chi connectivity index (χ1n) is 6.86. The van der Waals surface area contributed by atoms with Crippen molar-refractivity contribution < 1.29 is 14.3 Å². The molecule has 0 radical (unpaired) electrons. The van der Waals surface area contributed by atoms with Gasteiger partial charge in [-0.3, -0.25) is 9.59 Å². The van der Waals surface area contributed by atoms with Crippen molar-refractivity contribution in [1.29, 1.82) is 0 Å². The summed E-state index contributed by atoms with van der Waals surface area (Å²) < 4.78 is 5.14. The van der Waals surface area contributed by atoms with Gasteiger partial charge in [-0.2, -0.15) is 0 Å². The summed E-state index contributed by atoms with van der Waals surface area (Å²) in [5.74, 6) is 0.336. The highest BCUT2D eigenvalue weighted by Crippen LogP contribution is 2.31. The largest absolute Gasteiger partial charge is 0.495 e. The van der Waals surface area contributed by atoms with Gasteiger partial charge < -0.3 is 20.7 Å². The topological polar surface area (TPSA) is 84.7 Å². The van der Waals surface area contributed by atoms with Crippen molar-refractivity contribution >= 4 is 17.5 Å². The molecule has 1 aromatic carbocycles. The standard InChI is InChI=1S/C15H21N3O3/c1-15(14(20)17-2)6-7-18(9-15)13(19)10-4-5-11(16)12(8-10)21-3/h4-5,8H,6-7,9,16H2,1-3H3,(H,17,20). The maximum absolute atomic E-state index is 12.5. The fraction of sp³-hybridized carbons (Fsp3) is 0.467. The molecule has 0 bridgehead atoms. The van der Waals surface area contributed by atoms with Gasteiger partial charge in [-0.15, -0.1) is 0 Å². The number of ether oxygens (including phenoxy) is 1. The van der Waals surface area contributed by atoms with Crippen LogP contribution in [0, 0.1) is 5.41 Å². The molecule has 114 valence electrons. The van der Waals surface area contributed by atoms with Crippen LogP contribution < -0.4 is 15.8 Å². The van der Waals surface area contributed by atoms with Gasteiger partial charge in [0.1, 0.15) is 5.75 Å². The van der Waals surface area contributed by atoms with E-state index in [-0.39, 0.29) is 11.8 Å². The molecule has 0 spiro atoms. The van der Waals surface area contributed by atoms with Gasteiger partial charge in [-0.25, -0.2) is 0 Å². The van der Waals surface area contributed by atoms with Gasteiger partial charge in [0.2, 0.25) is 5.91 Å². The predicted octanol–water partition coefficient (Wildman–Crippen LogP) is 0.876. The second-order valence-electron chi connectivity index (χ2n) is 5.57. The summed E-state index contributed by atoms with van der Waals surface area (Å²) in [5, 5.41) is 2.66. The average Bonchev–Trinajstić information content (AvgIpc) is 2.90. The van der Waals surface area contributed by atoms with Crippen molar-refractivity contribution in [3.05, 3.63) is 23.8 Å². The first kappa shape index (κ1) is 15.2. The Balaban J connectivity index is 2.17. The zero-order valence-electron chi connectivity index (χ0n) is 12.6. The molecule has 0 saturated carbocycles. The van der Waals surface area contributed by atoms with Crippen molar-refractivity contribution in [1.82, 2.24) is 10.2 Å². The smallest absolute Gasteiger partial charge is 0.254 e.